The van der Waals surface area contributed by atoms with Gasteiger partial charge in [0.2, 0.25) is 5.91 Å². The van der Waals surface area contributed by atoms with Gasteiger partial charge >= 0.3 is 0 Å². The average Bonchev–Trinajstić information content (AvgIpc) is 2.62. The molecule has 0 aliphatic carbocycles. The number of ether oxygens (including phenoxy) is 1. The van der Waals surface area contributed by atoms with Crippen molar-refractivity contribution in [2.75, 3.05) is 31.2 Å². The summed E-state index contributed by atoms with van der Waals surface area (Å²) < 4.78 is 35.6. The van der Waals surface area contributed by atoms with Crippen molar-refractivity contribution in [1.29, 1.82) is 0 Å². The van der Waals surface area contributed by atoms with E-state index < -0.39 is 10.1 Å². The summed E-state index contributed by atoms with van der Waals surface area (Å²) in [6.45, 7) is 6.62. The van der Waals surface area contributed by atoms with Gasteiger partial charge in [0, 0.05) is 18.7 Å². The molecule has 1 aliphatic rings. The highest BCUT2D eigenvalue weighted by Gasteiger charge is 2.14. The second-order valence-electron chi connectivity index (χ2n) is 6.11. The minimum atomic E-state index is -4.16. The maximum absolute atomic E-state index is 10.8. The molecule has 9 heteroatoms. The fourth-order valence-electron chi connectivity index (χ4n) is 2.59. The fourth-order valence-corrected chi connectivity index (χ4v) is 3.02. The first-order chi connectivity index (χ1) is 12.7. The number of aromatic nitrogens is 1. The number of nitrogens with zero attached hydrogens (tertiary/aromatic N) is 2. The zero-order valence-corrected chi connectivity index (χ0v) is 16.1. The summed E-state index contributed by atoms with van der Waals surface area (Å²) in [7, 11) is -4.16. The Hall–Kier alpha value is -2.49. The molecule has 27 heavy (non-hydrogen) atoms. The Kier molecular flexibility index (Phi) is 6.89. The van der Waals surface area contributed by atoms with E-state index in [1.165, 1.54) is 6.07 Å². The topological polar surface area (TPSA) is 123 Å². The van der Waals surface area contributed by atoms with Crippen LogP contribution in [-0.4, -0.2) is 50.2 Å². The SMILES string of the molecule is Cc1ccc(C(N)=O)c(C)c1.O=S(=O)(O)c1ccc(N2CCOCC2)nc1. The standard InChI is InChI=1S/C9H12N2O4S.C9H11NO/c12-16(13,14)8-1-2-9(10-7-8)11-3-5-15-6-4-11;1-6-3-4-8(9(10)11)7(2)5-6/h1-2,7H,3-6H2,(H,12,13,14);3-5H,1-2H3,(H2,10,11). The van der Waals surface area contributed by atoms with E-state index in [0.29, 0.717) is 24.6 Å². The number of carbonyl (C=O) groups excluding carboxylic acids is 1. The van der Waals surface area contributed by atoms with E-state index in [2.05, 4.69) is 4.98 Å². The number of hydrogen-bond acceptors (Lipinski definition) is 6. The zero-order valence-electron chi connectivity index (χ0n) is 15.3. The molecule has 0 spiro atoms. The van der Waals surface area contributed by atoms with Crippen molar-refractivity contribution in [1.82, 2.24) is 4.98 Å². The number of pyridine rings is 1. The molecule has 8 nitrogen and oxygen atoms in total. The number of nitrogens with two attached hydrogens (primary N) is 1. The summed E-state index contributed by atoms with van der Waals surface area (Å²) in [5.74, 6) is 0.332. The molecule has 0 atom stereocenters. The summed E-state index contributed by atoms with van der Waals surface area (Å²) in [4.78, 5) is 16.6. The molecule has 0 bridgehead atoms. The lowest BCUT2D eigenvalue weighted by molar-refractivity contribution is 0.0999. The number of carbonyl (C=O) groups is 1. The summed E-state index contributed by atoms with van der Waals surface area (Å²) in [5, 5.41) is 0. The monoisotopic (exact) mass is 393 g/mol. The number of anilines is 1. The van der Waals surface area contributed by atoms with Crippen molar-refractivity contribution in [3.8, 4) is 0 Å². The molecule has 0 unspecified atom stereocenters. The molecule has 1 saturated heterocycles. The highest BCUT2D eigenvalue weighted by molar-refractivity contribution is 7.85. The van der Waals surface area contributed by atoms with E-state index >= 15 is 0 Å². The lowest BCUT2D eigenvalue weighted by Crippen LogP contribution is -2.36. The van der Waals surface area contributed by atoms with Gasteiger partial charge in [-0.2, -0.15) is 8.42 Å². The molecule has 0 radical (unpaired) electrons. The highest BCUT2D eigenvalue weighted by atomic mass is 32.2. The van der Waals surface area contributed by atoms with Gasteiger partial charge in [0.05, 0.1) is 19.4 Å². The molecular weight excluding hydrogens is 370 g/mol. The van der Waals surface area contributed by atoms with Gasteiger partial charge in [0.15, 0.2) is 0 Å². The molecule has 1 aromatic heterocycles. The Morgan fingerprint density at radius 2 is 1.85 bits per heavy atom. The Balaban J connectivity index is 0.000000208. The minimum Gasteiger partial charge on any atom is -0.378 e. The van der Waals surface area contributed by atoms with Crippen molar-refractivity contribution in [3.63, 3.8) is 0 Å². The van der Waals surface area contributed by atoms with E-state index in [1.54, 1.807) is 12.1 Å². The number of morpholine rings is 1. The van der Waals surface area contributed by atoms with Crippen LogP contribution in [0.5, 0.6) is 0 Å². The fraction of sp³-hybridized carbons (Fsp3) is 0.333. The van der Waals surface area contributed by atoms with Crippen molar-refractivity contribution >= 4 is 21.8 Å². The number of primary amides is 1. The van der Waals surface area contributed by atoms with E-state index in [4.69, 9.17) is 15.0 Å². The second-order valence-corrected chi connectivity index (χ2v) is 7.53. The van der Waals surface area contributed by atoms with Crippen LogP contribution in [0.1, 0.15) is 21.5 Å². The Morgan fingerprint density at radius 3 is 2.33 bits per heavy atom. The molecule has 3 N–H and O–H groups in total. The molecule has 1 amide bonds. The van der Waals surface area contributed by atoms with E-state index in [0.717, 1.165) is 30.4 Å². The van der Waals surface area contributed by atoms with Gasteiger partial charge in [-0.3, -0.25) is 9.35 Å². The zero-order chi connectivity index (χ0) is 20.0. The van der Waals surface area contributed by atoms with Crippen LogP contribution in [0.15, 0.2) is 41.4 Å². The molecule has 3 rings (SSSR count). The molecule has 1 fully saturated rings. The Bertz CT molecular complexity index is 892. The quantitative estimate of drug-likeness (QED) is 0.759. The van der Waals surface area contributed by atoms with Gasteiger partial charge in [0.1, 0.15) is 10.7 Å². The molecule has 2 aromatic rings. The smallest absolute Gasteiger partial charge is 0.296 e. The van der Waals surface area contributed by atoms with Crippen LogP contribution in [0.3, 0.4) is 0 Å². The summed E-state index contributed by atoms with van der Waals surface area (Å²) in [6, 6.07) is 8.50. The lowest BCUT2D eigenvalue weighted by atomic mass is 10.1. The minimum absolute atomic E-state index is 0.190. The first kappa shape index (κ1) is 20.8. The van der Waals surface area contributed by atoms with Gasteiger partial charge in [-0.1, -0.05) is 17.7 Å². The second kappa shape index (κ2) is 8.94. The maximum atomic E-state index is 10.8. The molecule has 1 aromatic carbocycles. The third-order valence-corrected chi connectivity index (χ3v) is 4.84. The lowest BCUT2D eigenvalue weighted by Gasteiger charge is -2.27. The van der Waals surface area contributed by atoms with Crippen LogP contribution in [0, 0.1) is 13.8 Å². The van der Waals surface area contributed by atoms with Crippen LogP contribution >= 0.6 is 0 Å². The first-order valence-corrected chi connectivity index (χ1v) is 9.76. The molecule has 2 heterocycles. The van der Waals surface area contributed by atoms with Crippen molar-refractivity contribution in [3.05, 3.63) is 53.2 Å². The summed E-state index contributed by atoms with van der Waals surface area (Å²) in [5.41, 5.74) is 7.82. The first-order valence-electron chi connectivity index (χ1n) is 8.32. The molecule has 1 aliphatic heterocycles. The average molecular weight is 393 g/mol. The van der Waals surface area contributed by atoms with Crippen LogP contribution in [0.25, 0.3) is 0 Å². The Morgan fingerprint density at radius 1 is 1.19 bits per heavy atom. The number of benzene rings is 1. The Labute approximate surface area is 158 Å². The van der Waals surface area contributed by atoms with Crippen molar-refractivity contribution < 1.29 is 22.5 Å². The molecular formula is C18H23N3O5S. The predicted molar refractivity (Wildman–Crippen MR) is 102 cm³/mol. The van der Waals surface area contributed by atoms with E-state index in [-0.39, 0.29) is 10.8 Å². The largest absolute Gasteiger partial charge is 0.378 e. The summed E-state index contributed by atoms with van der Waals surface area (Å²) >= 11 is 0. The maximum Gasteiger partial charge on any atom is 0.296 e. The highest BCUT2D eigenvalue weighted by Crippen LogP contribution is 2.15. The van der Waals surface area contributed by atoms with Crippen molar-refractivity contribution in [2.24, 2.45) is 5.73 Å². The van der Waals surface area contributed by atoms with Crippen LogP contribution in [0.4, 0.5) is 5.82 Å². The molecule has 146 valence electrons. The van der Waals surface area contributed by atoms with Gasteiger partial charge in [-0.15, -0.1) is 0 Å². The van der Waals surface area contributed by atoms with E-state index in [1.807, 2.05) is 30.9 Å². The van der Waals surface area contributed by atoms with Gasteiger partial charge in [-0.25, -0.2) is 4.98 Å². The van der Waals surface area contributed by atoms with Gasteiger partial charge < -0.3 is 15.4 Å². The predicted octanol–water partition coefficient (Wildman–Crippen LogP) is 1.57. The number of amides is 1. The van der Waals surface area contributed by atoms with Gasteiger partial charge in [-0.05, 0) is 37.6 Å². The van der Waals surface area contributed by atoms with Crippen molar-refractivity contribution in [2.45, 2.75) is 18.7 Å². The molecule has 0 saturated carbocycles. The third-order valence-electron chi connectivity index (χ3n) is 4.00. The summed E-state index contributed by atoms with van der Waals surface area (Å²) in [6.07, 6.45) is 1.15. The number of hydrogen-bond donors (Lipinski definition) is 2. The van der Waals surface area contributed by atoms with Crippen LogP contribution in [-0.2, 0) is 14.9 Å². The number of rotatable bonds is 3. The van der Waals surface area contributed by atoms with Crippen LogP contribution in [0.2, 0.25) is 0 Å². The third kappa shape index (κ3) is 6.02. The number of aryl methyl sites for hydroxylation is 2. The van der Waals surface area contributed by atoms with Gasteiger partial charge in [0.25, 0.3) is 10.1 Å². The van der Waals surface area contributed by atoms with E-state index in [9.17, 15) is 13.2 Å². The normalized spacial score (nSPS) is 14.3. The van der Waals surface area contributed by atoms with Crippen LogP contribution < -0.4 is 10.6 Å².